The Morgan fingerprint density at radius 1 is 1.25 bits per heavy atom. The van der Waals surface area contributed by atoms with Crippen molar-refractivity contribution in [1.29, 1.82) is 0 Å². The third-order valence-corrected chi connectivity index (χ3v) is 4.33. The van der Waals surface area contributed by atoms with Crippen LogP contribution in [-0.2, 0) is 16.6 Å². The van der Waals surface area contributed by atoms with E-state index in [1.807, 2.05) is 13.0 Å². The molecule has 6 nitrogen and oxygen atoms in total. The minimum absolute atomic E-state index is 0.0943. The first-order chi connectivity index (χ1) is 9.39. The van der Waals surface area contributed by atoms with E-state index < -0.39 is 10.0 Å². The largest absolute Gasteiger partial charge is 0.484 e. The SMILES string of the molecule is Cc1ccc(OCc2ccc(S(=O)(=O)N(C)C)o2)cn1. The number of aryl methyl sites for hydroxylation is 1. The summed E-state index contributed by atoms with van der Waals surface area (Å²) in [6, 6.07) is 6.63. The number of hydrogen-bond donors (Lipinski definition) is 0. The molecule has 0 unspecified atom stereocenters. The molecule has 0 aromatic carbocycles. The summed E-state index contributed by atoms with van der Waals surface area (Å²) in [5.41, 5.74) is 0.898. The van der Waals surface area contributed by atoms with E-state index in [0.717, 1.165) is 10.00 Å². The fourth-order valence-electron chi connectivity index (χ4n) is 1.45. The molecule has 0 aliphatic carbocycles. The molecule has 20 heavy (non-hydrogen) atoms. The van der Waals surface area contributed by atoms with Crippen LogP contribution in [0.4, 0.5) is 0 Å². The quantitative estimate of drug-likeness (QED) is 0.841. The molecule has 2 aromatic heterocycles. The average Bonchev–Trinajstić information content (AvgIpc) is 2.87. The molecule has 0 saturated heterocycles. The maximum atomic E-state index is 11.8. The van der Waals surface area contributed by atoms with Gasteiger partial charge in [-0.05, 0) is 31.2 Å². The van der Waals surface area contributed by atoms with Crippen LogP contribution in [0.15, 0.2) is 40.0 Å². The van der Waals surface area contributed by atoms with Crippen molar-refractivity contribution in [3.8, 4) is 5.75 Å². The molecule has 0 amide bonds. The fraction of sp³-hybridized carbons (Fsp3) is 0.308. The Kier molecular flexibility index (Phi) is 4.10. The molecule has 2 heterocycles. The Morgan fingerprint density at radius 2 is 2.00 bits per heavy atom. The highest BCUT2D eigenvalue weighted by Crippen LogP contribution is 2.18. The van der Waals surface area contributed by atoms with Crippen LogP contribution in [0, 0.1) is 6.92 Å². The van der Waals surface area contributed by atoms with Gasteiger partial charge >= 0.3 is 0 Å². The van der Waals surface area contributed by atoms with Crippen LogP contribution >= 0.6 is 0 Å². The van der Waals surface area contributed by atoms with Crippen molar-refractivity contribution in [1.82, 2.24) is 9.29 Å². The Balaban J connectivity index is 2.05. The molecule has 0 aliphatic rings. The average molecular weight is 296 g/mol. The summed E-state index contributed by atoms with van der Waals surface area (Å²) >= 11 is 0. The predicted molar refractivity (Wildman–Crippen MR) is 72.9 cm³/mol. The second kappa shape index (κ2) is 5.64. The standard InChI is InChI=1S/C13H16N2O4S/c1-10-4-5-11(8-14-10)18-9-12-6-7-13(19-12)20(16,17)15(2)3/h4-8H,9H2,1-3H3. The molecule has 0 atom stereocenters. The van der Waals surface area contributed by atoms with Crippen LogP contribution in [0.25, 0.3) is 0 Å². The van der Waals surface area contributed by atoms with Crippen molar-refractivity contribution in [2.75, 3.05) is 14.1 Å². The zero-order chi connectivity index (χ0) is 14.8. The minimum atomic E-state index is -3.55. The Morgan fingerprint density at radius 3 is 2.60 bits per heavy atom. The van der Waals surface area contributed by atoms with E-state index in [0.29, 0.717) is 11.5 Å². The number of aromatic nitrogens is 1. The summed E-state index contributed by atoms with van der Waals surface area (Å²) in [6.45, 7) is 2.03. The van der Waals surface area contributed by atoms with Gasteiger partial charge in [0.05, 0.1) is 6.20 Å². The highest BCUT2D eigenvalue weighted by Gasteiger charge is 2.21. The van der Waals surface area contributed by atoms with Crippen LogP contribution in [0.5, 0.6) is 5.75 Å². The van der Waals surface area contributed by atoms with Crippen molar-refractivity contribution in [3.05, 3.63) is 41.9 Å². The van der Waals surface area contributed by atoms with E-state index in [4.69, 9.17) is 9.15 Å². The minimum Gasteiger partial charge on any atom is -0.484 e. The number of ether oxygens (including phenoxy) is 1. The molecule has 108 valence electrons. The van der Waals surface area contributed by atoms with Gasteiger partial charge < -0.3 is 9.15 Å². The van der Waals surface area contributed by atoms with E-state index in [-0.39, 0.29) is 11.7 Å². The fourth-order valence-corrected chi connectivity index (χ4v) is 2.26. The van der Waals surface area contributed by atoms with Gasteiger partial charge in [0.25, 0.3) is 10.0 Å². The number of pyridine rings is 1. The van der Waals surface area contributed by atoms with Gasteiger partial charge in [-0.1, -0.05) is 0 Å². The van der Waals surface area contributed by atoms with Crippen LogP contribution in [-0.4, -0.2) is 31.8 Å². The lowest BCUT2D eigenvalue weighted by molar-refractivity contribution is 0.256. The first-order valence-electron chi connectivity index (χ1n) is 5.96. The van der Waals surface area contributed by atoms with Crippen LogP contribution in [0.3, 0.4) is 0 Å². The maximum Gasteiger partial charge on any atom is 0.275 e. The molecule has 0 bridgehead atoms. The van der Waals surface area contributed by atoms with Crippen molar-refractivity contribution in [2.24, 2.45) is 0 Å². The van der Waals surface area contributed by atoms with Gasteiger partial charge in [0.2, 0.25) is 5.09 Å². The molecular formula is C13H16N2O4S. The summed E-state index contributed by atoms with van der Waals surface area (Å²) in [5.74, 6) is 1.04. The summed E-state index contributed by atoms with van der Waals surface area (Å²) < 4.78 is 35.5. The van der Waals surface area contributed by atoms with Gasteiger partial charge in [0, 0.05) is 19.8 Å². The Bertz CT molecular complexity index is 675. The highest BCUT2D eigenvalue weighted by molar-refractivity contribution is 7.88. The topological polar surface area (TPSA) is 72.6 Å². The molecular weight excluding hydrogens is 280 g/mol. The second-order valence-corrected chi connectivity index (χ2v) is 6.51. The van der Waals surface area contributed by atoms with Gasteiger partial charge in [-0.3, -0.25) is 4.98 Å². The van der Waals surface area contributed by atoms with Crippen LogP contribution in [0.2, 0.25) is 0 Å². The second-order valence-electron chi connectivity index (χ2n) is 4.43. The van der Waals surface area contributed by atoms with E-state index >= 15 is 0 Å². The summed E-state index contributed by atoms with van der Waals surface area (Å²) in [5, 5.41) is -0.0943. The monoisotopic (exact) mass is 296 g/mol. The highest BCUT2D eigenvalue weighted by atomic mass is 32.2. The van der Waals surface area contributed by atoms with Crippen molar-refractivity contribution >= 4 is 10.0 Å². The zero-order valence-corrected chi connectivity index (χ0v) is 12.3. The predicted octanol–water partition coefficient (Wildman–Crippen LogP) is 1.81. The normalized spacial score (nSPS) is 11.8. The lowest BCUT2D eigenvalue weighted by Gasteiger charge is -2.08. The van der Waals surface area contributed by atoms with E-state index in [2.05, 4.69) is 4.98 Å². The number of rotatable bonds is 5. The molecule has 2 aromatic rings. The molecule has 7 heteroatoms. The lowest BCUT2D eigenvalue weighted by Crippen LogP contribution is -2.21. The van der Waals surface area contributed by atoms with E-state index in [1.165, 1.54) is 20.2 Å². The van der Waals surface area contributed by atoms with Gasteiger partial charge in [0.1, 0.15) is 18.1 Å². The summed E-state index contributed by atoms with van der Waals surface area (Å²) in [6.07, 6.45) is 1.61. The molecule has 0 spiro atoms. The summed E-state index contributed by atoms with van der Waals surface area (Å²) in [7, 11) is -0.645. The van der Waals surface area contributed by atoms with Gasteiger partial charge in [-0.25, -0.2) is 12.7 Å². The number of sulfonamides is 1. The lowest BCUT2D eigenvalue weighted by atomic mass is 10.4. The first-order valence-corrected chi connectivity index (χ1v) is 7.40. The zero-order valence-electron chi connectivity index (χ0n) is 11.5. The van der Waals surface area contributed by atoms with E-state index in [9.17, 15) is 8.42 Å². The summed E-state index contributed by atoms with van der Waals surface area (Å²) in [4.78, 5) is 4.10. The van der Waals surface area contributed by atoms with Crippen molar-refractivity contribution in [2.45, 2.75) is 18.6 Å². The molecule has 2 rings (SSSR count). The van der Waals surface area contributed by atoms with Crippen LogP contribution in [0.1, 0.15) is 11.5 Å². The molecule has 0 radical (unpaired) electrons. The van der Waals surface area contributed by atoms with Crippen molar-refractivity contribution < 1.29 is 17.6 Å². The van der Waals surface area contributed by atoms with E-state index in [1.54, 1.807) is 18.3 Å². The maximum absolute atomic E-state index is 11.8. The Labute approximate surface area is 118 Å². The van der Waals surface area contributed by atoms with Gasteiger partial charge in [-0.15, -0.1) is 0 Å². The number of nitrogens with zero attached hydrogens (tertiary/aromatic N) is 2. The van der Waals surface area contributed by atoms with Gasteiger partial charge in [0.15, 0.2) is 0 Å². The molecule has 0 aliphatic heterocycles. The smallest absolute Gasteiger partial charge is 0.275 e. The first kappa shape index (κ1) is 14.5. The molecule has 0 fully saturated rings. The number of furan rings is 1. The van der Waals surface area contributed by atoms with Gasteiger partial charge in [-0.2, -0.15) is 0 Å². The molecule has 0 N–H and O–H groups in total. The third kappa shape index (κ3) is 3.17. The van der Waals surface area contributed by atoms with Crippen LogP contribution < -0.4 is 4.74 Å². The van der Waals surface area contributed by atoms with Crippen molar-refractivity contribution in [3.63, 3.8) is 0 Å². The number of hydrogen-bond acceptors (Lipinski definition) is 5. The molecule has 0 saturated carbocycles. The third-order valence-electron chi connectivity index (χ3n) is 2.64. The Hall–Kier alpha value is -1.86.